The zero-order valence-electron chi connectivity index (χ0n) is 10.3. The van der Waals surface area contributed by atoms with Crippen molar-refractivity contribution < 1.29 is 18.7 Å². The van der Waals surface area contributed by atoms with Crippen molar-refractivity contribution >= 4 is 5.78 Å². The number of Topliss-reactive ketones (excluding diaryl/α,β-unsaturated/α-hetero) is 1. The molecule has 18 heavy (non-hydrogen) atoms. The molecule has 3 nitrogen and oxygen atoms in total. The molecule has 0 amide bonds. The van der Waals surface area contributed by atoms with Gasteiger partial charge in [-0.25, -0.2) is 8.78 Å². The highest BCUT2D eigenvalue weighted by Gasteiger charge is 2.13. The number of hydrogen-bond donors (Lipinski definition) is 1. The smallest absolute Gasteiger partial charge is 0.176 e. The van der Waals surface area contributed by atoms with E-state index in [1.54, 1.807) is 4.90 Å². The molecule has 1 aromatic carbocycles. The lowest BCUT2D eigenvalue weighted by Gasteiger charge is -2.19. The van der Waals surface area contributed by atoms with Gasteiger partial charge >= 0.3 is 0 Å². The molecular formula is C13H17F2NO2. The fraction of sp³-hybridized carbons (Fsp3) is 0.462. The Morgan fingerprint density at radius 3 is 2.56 bits per heavy atom. The van der Waals surface area contributed by atoms with Crippen LogP contribution in [0.5, 0.6) is 0 Å². The van der Waals surface area contributed by atoms with Crippen LogP contribution in [0.15, 0.2) is 18.2 Å². The van der Waals surface area contributed by atoms with E-state index in [1.807, 2.05) is 6.92 Å². The minimum atomic E-state index is -1.02. The van der Waals surface area contributed by atoms with Crippen LogP contribution in [0.3, 0.4) is 0 Å². The Morgan fingerprint density at radius 2 is 2.00 bits per heavy atom. The van der Waals surface area contributed by atoms with Crippen molar-refractivity contribution in [2.24, 2.45) is 0 Å². The molecule has 0 aromatic heterocycles. The first-order valence-corrected chi connectivity index (χ1v) is 5.90. The number of hydrogen-bond acceptors (Lipinski definition) is 3. The van der Waals surface area contributed by atoms with Gasteiger partial charge in [0.15, 0.2) is 17.4 Å². The number of carbonyl (C=O) groups is 1. The largest absolute Gasteiger partial charge is 0.395 e. The monoisotopic (exact) mass is 257 g/mol. The standard InChI is InChI=1S/C13H17F2NO2/c1-2-5-16(6-7-17)9-13(18)10-3-4-11(14)12(15)8-10/h3-4,8,17H,2,5-7,9H2,1H3. The average Bonchev–Trinajstić information content (AvgIpc) is 2.33. The summed E-state index contributed by atoms with van der Waals surface area (Å²) in [5, 5.41) is 8.86. The SMILES string of the molecule is CCCN(CCO)CC(=O)c1ccc(F)c(F)c1. The molecule has 1 aromatic rings. The van der Waals surface area contributed by atoms with Gasteiger partial charge in [0.05, 0.1) is 13.2 Å². The van der Waals surface area contributed by atoms with E-state index in [4.69, 9.17) is 5.11 Å². The summed E-state index contributed by atoms with van der Waals surface area (Å²) in [7, 11) is 0. The number of carbonyl (C=O) groups excluding carboxylic acids is 1. The molecule has 0 aliphatic rings. The topological polar surface area (TPSA) is 40.5 Å². The van der Waals surface area contributed by atoms with Gasteiger partial charge in [0, 0.05) is 12.1 Å². The van der Waals surface area contributed by atoms with E-state index < -0.39 is 11.6 Å². The van der Waals surface area contributed by atoms with E-state index in [9.17, 15) is 13.6 Å². The lowest BCUT2D eigenvalue weighted by Crippen LogP contribution is -2.33. The van der Waals surface area contributed by atoms with E-state index in [1.165, 1.54) is 6.07 Å². The maximum atomic E-state index is 13.0. The minimum absolute atomic E-state index is 0.0366. The van der Waals surface area contributed by atoms with Crippen molar-refractivity contribution in [3.05, 3.63) is 35.4 Å². The van der Waals surface area contributed by atoms with E-state index in [0.717, 1.165) is 18.6 Å². The van der Waals surface area contributed by atoms with Gasteiger partial charge in [0.2, 0.25) is 0 Å². The van der Waals surface area contributed by atoms with Gasteiger partial charge in [-0.15, -0.1) is 0 Å². The number of nitrogens with zero attached hydrogens (tertiary/aromatic N) is 1. The van der Waals surface area contributed by atoms with E-state index in [-0.39, 0.29) is 24.5 Å². The summed E-state index contributed by atoms with van der Waals surface area (Å²) in [4.78, 5) is 13.6. The van der Waals surface area contributed by atoms with Crippen LogP contribution in [0, 0.1) is 11.6 Å². The van der Waals surface area contributed by atoms with Gasteiger partial charge in [-0.2, -0.15) is 0 Å². The van der Waals surface area contributed by atoms with Crippen molar-refractivity contribution in [2.75, 3.05) is 26.2 Å². The van der Waals surface area contributed by atoms with Crippen LogP contribution >= 0.6 is 0 Å². The third kappa shape index (κ3) is 4.16. The predicted molar refractivity (Wildman–Crippen MR) is 64.5 cm³/mol. The molecular weight excluding hydrogens is 240 g/mol. The number of halogens is 2. The molecule has 0 spiro atoms. The Hall–Kier alpha value is -1.33. The zero-order chi connectivity index (χ0) is 13.5. The molecule has 0 radical (unpaired) electrons. The molecule has 0 atom stereocenters. The van der Waals surface area contributed by atoms with Gasteiger partial charge in [-0.3, -0.25) is 9.69 Å². The quantitative estimate of drug-likeness (QED) is 0.758. The highest BCUT2D eigenvalue weighted by atomic mass is 19.2. The van der Waals surface area contributed by atoms with Gasteiger partial charge in [0.25, 0.3) is 0 Å². The van der Waals surface area contributed by atoms with Gasteiger partial charge < -0.3 is 5.11 Å². The molecule has 0 bridgehead atoms. The number of aliphatic hydroxyl groups excluding tert-OH is 1. The molecule has 0 aliphatic heterocycles. The van der Waals surface area contributed by atoms with Crippen molar-refractivity contribution in [3.63, 3.8) is 0 Å². The molecule has 0 fully saturated rings. The fourth-order valence-corrected chi connectivity index (χ4v) is 1.69. The highest BCUT2D eigenvalue weighted by Crippen LogP contribution is 2.10. The van der Waals surface area contributed by atoms with Crippen LogP contribution < -0.4 is 0 Å². The second kappa shape index (κ2) is 7.18. The zero-order valence-corrected chi connectivity index (χ0v) is 10.3. The van der Waals surface area contributed by atoms with Crippen LogP contribution in [0.2, 0.25) is 0 Å². The summed E-state index contributed by atoms with van der Waals surface area (Å²) in [6.45, 7) is 3.09. The van der Waals surface area contributed by atoms with Gasteiger partial charge in [-0.1, -0.05) is 6.92 Å². The average molecular weight is 257 g/mol. The van der Waals surface area contributed by atoms with Crippen molar-refractivity contribution in [3.8, 4) is 0 Å². The van der Waals surface area contributed by atoms with E-state index in [2.05, 4.69) is 0 Å². The third-order valence-electron chi connectivity index (χ3n) is 2.56. The van der Waals surface area contributed by atoms with Gasteiger partial charge in [-0.05, 0) is 31.2 Å². The Balaban J connectivity index is 2.70. The summed E-state index contributed by atoms with van der Waals surface area (Å²) in [5.74, 6) is -2.27. The Bertz CT molecular complexity index is 404. The van der Waals surface area contributed by atoms with Crippen molar-refractivity contribution in [2.45, 2.75) is 13.3 Å². The molecule has 5 heteroatoms. The summed E-state index contributed by atoms with van der Waals surface area (Å²) < 4.78 is 25.7. The fourth-order valence-electron chi connectivity index (χ4n) is 1.69. The normalized spacial score (nSPS) is 10.9. The molecule has 0 unspecified atom stereocenters. The van der Waals surface area contributed by atoms with Crippen LogP contribution in [0.1, 0.15) is 23.7 Å². The van der Waals surface area contributed by atoms with Crippen LogP contribution in [0.25, 0.3) is 0 Å². The second-order valence-electron chi connectivity index (χ2n) is 4.05. The van der Waals surface area contributed by atoms with Gasteiger partial charge in [0.1, 0.15) is 0 Å². The first-order valence-electron chi connectivity index (χ1n) is 5.90. The summed E-state index contributed by atoms with van der Waals surface area (Å²) >= 11 is 0. The molecule has 1 N–H and O–H groups in total. The van der Waals surface area contributed by atoms with Crippen LogP contribution in [-0.4, -0.2) is 42.0 Å². The highest BCUT2D eigenvalue weighted by molar-refractivity contribution is 5.97. The predicted octanol–water partition coefficient (Wildman–Crippen LogP) is 1.85. The van der Waals surface area contributed by atoms with Crippen LogP contribution in [-0.2, 0) is 0 Å². The molecule has 0 aliphatic carbocycles. The first kappa shape index (κ1) is 14.7. The molecule has 1 rings (SSSR count). The minimum Gasteiger partial charge on any atom is -0.395 e. The summed E-state index contributed by atoms with van der Waals surface area (Å²) in [6, 6.07) is 3.11. The third-order valence-corrected chi connectivity index (χ3v) is 2.56. The first-order chi connectivity index (χ1) is 8.58. The number of rotatable bonds is 7. The molecule has 0 saturated heterocycles. The maximum absolute atomic E-state index is 13.0. The summed E-state index contributed by atoms with van der Waals surface area (Å²) in [5.41, 5.74) is 0.146. The number of aliphatic hydroxyl groups is 1. The van der Waals surface area contributed by atoms with Crippen LogP contribution in [0.4, 0.5) is 8.78 Å². The second-order valence-corrected chi connectivity index (χ2v) is 4.05. The molecule has 0 saturated carbocycles. The number of benzene rings is 1. The van der Waals surface area contributed by atoms with E-state index in [0.29, 0.717) is 13.1 Å². The Kier molecular flexibility index (Phi) is 5.88. The van der Waals surface area contributed by atoms with E-state index >= 15 is 0 Å². The lowest BCUT2D eigenvalue weighted by atomic mass is 10.1. The molecule has 0 heterocycles. The lowest BCUT2D eigenvalue weighted by molar-refractivity contribution is 0.0914. The maximum Gasteiger partial charge on any atom is 0.176 e. The Morgan fingerprint density at radius 1 is 1.28 bits per heavy atom. The molecule has 100 valence electrons. The van der Waals surface area contributed by atoms with Crippen molar-refractivity contribution in [1.29, 1.82) is 0 Å². The summed E-state index contributed by atoms with van der Waals surface area (Å²) in [6.07, 6.45) is 0.852. The number of ketones is 1. The van der Waals surface area contributed by atoms with Crippen molar-refractivity contribution in [1.82, 2.24) is 4.90 Å². The Labute approximate surface area is 105 Å².